The monoisotopic (exact) mass is 312 g/mol. The van der Waals surface area contributed by atoms with E-state index in [-0.39, 0.29) is 24.0 Å². The molecule has 0 heterocycles. The molecule has 0 aliphatic heterocycles. The summed E-state index contributed by atoms with van der Waals surface area (Å²) >= 11 is 0. The van der Waals surface area contributed by atoms with E-state index in [1.165, 1.54) is 12.1 Å². The first-order chi connectivity index (χ1) is 11.0. The van der Waals surface area contributed by atoms with Crippen LogP contribution in [0.25, 0.3) is 0 Å². The third kappa shape index (κ3) is 4.55. The van der Waals surface area contributed by atoms with E-state index < -0.39 is 5.82 Å². The van der Waals surface area contributed by atoms with Crippen LogP contribution in [0.15, 0.2) is 42.5 Å². The van der Waals surface area contributed by atoms with Crippen molar-refractivity contribution in [2.45, 2.75) is 26.4 Å². The summed E-state index contributed by atoms with van der Waals surface area (Å²) in [7, 11) is 0. The number of carbonyl (C=O) groups is 1. The summed E-state index contributed by atoms with van der Waals surface area (Å²) < 4.78 is 19.0. The molecule has 0 saturated heterocycles. The Morgan fingerprint density at radius 1 is 1.30 bits per heavy atom. The Kier molecular flexibility index (Phi) is 5.32. The Morgan fingerprint density at radius 3 is 2.74 bits per heavy atom. The zero-order valence-electron chi connectivity index (χ0n) is 13.0. The van der Waals surface area contributed by atoms with Gasteiger partial charge in [0.25, 0.3) is 0 Å². The molecule has 0 fully saturated rings. The summed E-state index contributed by atoms with van der Waals surface area (Å²) in [6.07, 6.45) is 0.136. The van der Waals surface area contributed by atoms with E-state index in [0.29, 0.717) is 11.4 Å². The van der Waals surface area contributed by atoms with E-state index in [1.807, 2.05) is 38.1 Å². The number of nitrogens with one attached hydrogen (secondary N) is 1. The summed E-state index contributed by atoms with van der Waals surface area (Å²) in [4.78, 5) is 12.2. The van der Waals surface area contributed by atoms with Crippen molar-refractivity contribution in [1.29, 1.82) is 5.26 Å². The van der Waals surface area contributed by atoms with Crippen LogP contribution in [0.2, 0.25) is 0 Å². The average Bonchev–Trinajstić information content (AvgIpc) is 2.50. The molecule has 0 saturated carbocycles. The minimum Gasteiger partial charge on any atom is -0.491 e. The summed E-state index contributed by atoms with van der Waals surface area (Å²) in [6.45, 7) is 3.83. The molecule has 2 aromatic carbocycles. The highest BCUT2D eigenvalue weighted by molar-refractivity contribution is 5.92. The van der Waals surface area contributed by atoms with Gasteiger partial charge in [-0.2, -0.15) is 5.26 Å². The van der Waals surface area contributed by atoms with Crippen LogP contribution < -0.4 is 10.1 Å². The van der Waals surface area contributed by atoms with E-state index >= 15 is 0 Å². The third-order valence-electron chi connectivity index (χ3n) is 3.06. The van der Waals surface area contributed by atoms with Crippen LogP contribution in [0.1, 0.15) is 25.0 Å². The Labute approximate surface area is 134 Å². The van der Waals surface area contributed by atoms with Gasteiger partial charge in [-0.25, -0.2) is 4.39 Å². The largest absolute Gasteiger partial charge is 0.491 e. The topological polar surface area (TPSA) is 62.1 Å². The highest BCUT2D eigenvalue weighted by Crippen LogP contribution is 2.21. The zero-order valence-corrected chi connectivity index (χ0v) is 13.0. The molecule has 5 heteroatoms. The molecule has 0 atom stereocenters. The number of nitriles is 1. The first-order valence-corrected chi connectivity index (χ1v) is 7.23. The third-order valence-corrected chi connectivity index (χ3v) is 3.06. The number of benzene rings is 2. The number of halogens is 1. The second-order valence-corrected chi connectivity index (χ2v) is 5.31. The molecule has 2 rings (SSSR count). The lowest BCUT2D eigenvalue weighted by atomic mass is 10.1. The second-order valence-electron chi connectivity index (χ2n) is 5.31. The summed E-state index contributed by atoms with van der Waals surface area (Å²) in [6, 6.07) is 12.9. The molecule has 0 unspecified atom stereocenters. The van der Waals surface area contributed by atoms with Crippen molar-refractivity contribution < 1.29 is 13.9 Å². The molecule has 2 aromatic rings. The molecule has 1 amide bonds. The average molecular weight is 312 g/mol. The van der Waals surface area contributed by atoms with E-state index in [0.717, 1.165) is 11.6 Å². The van der Waals surface area contributed by atoms with Crippen molar-refractivity contribution in [3.63, 3.8) is 0 Å². The molecule has 4 nitrogen and oxygen atoms in total. The molecule has 0 aliphatic carbocycles. The quantitative estimate of drug-likeness (QED) is 0.916. The first-order valence-electron chi connectivity index (χ1n) is 7.23. The van der Waals surface area contributed by atoms with Gasteiger partial charge in [0.1, 0.15) is 17.6 Å². The van der Waals surface area contributed by atoms with Crippen molar-refractivity contribution in [3.05, 3.63) is 59.4 Å². The first kappa shape index (κ1) is 16.5. The second kappa shape index (κ2) is 7.41. The summed E-state index contributed by atoms with van der Waals surface area (Å²) in [5, 5.41) is 11.5. The van der Waals surface area contributed by atoms with Gasteiger partial charge in [0.15, 0.2) is 0 Å². The number of nitrogens with zero attached hydrogens (tertiary/aromatic N) is 1. The van der Waals surface area contributed by atoms with Crippen molar-refractivity contribution in [3.8, 4) is 11.8 Å². The van der Waals surface area contributed by atoms with E-state index in [9.17, 15) is 9.18 Å². The normalized spacial score (nSPS) is 10.2. The van der Waals surface area contributed by atoms with Gasteiger partial charge in [-0.1, -0.05) is 18.2 Å². The highest BCUT2D eigenvalue weighted by atomic mass is 19.1. The van der Waals surface area contributed by atoms with Crippen molar-refractivity contribution >= 4 is 11.6 Å². The van der Waals surface area contributed by atoms with E-state index in [1.54, 1.807) is 6.07 Å². The minimum absolute atomic E-state index is 0.00879. The standard InChI is InChI=1S/C18H17FN2O2/c1-12(2)23-17-6-4-3-5-13(17)10-18(22)21-15-7-8-16(19)14(9-15)11-20/h3-9,12H,10H2,1-2H3,(H,21,22). The van der Waals surface area contributed by atoms with Gasteiger partial charge >= 0.3 is 0 Å². The van der Waals surface area contributed by atoms with Crippen molar-refractivity contribution in [2.75, 3.05) is 5.32 Å². The lowest BCUT2D eigenvalue weighted by Crippen LogP contribution is -2.16. The van der Waals surface area contributed by atoms with Crippen LogP contribution in [-0.2, 0) is 11.2 Å². The van der Waals surface area contributed by atoms with Gasteiger partial charge < -0.3 is 10.1 Å². The molecule has 0 aromatic heterocycles. The smallest absolute Gasteiger partial charge is 0.228 e. The predicted molar refractivity (Wildman–Crippen MR) is 85.7 cm³/mol. The maximum absolute atomic E-state index is 13.3. The van der Waals surface area contributed by atoms with E-state index in [2.05, 4.69) is 5.32 Å². The van der Waals surface area contributed by atoms with E-state index in [4.69, 9.17) is 10.00 Å². The number of amides is 1. The molecular weight excluding hydrogens is 295 g/mol. The predicted octanol–water partition coefficient (Wildman–Crippen LogP) is 3.67. The molecule has 0 spiro atoms. The SMILES string of the molecule is CC(C)Oc1ccccc1CC(=O)Nc1ccc(F)c(C#N)c1. The molecule has 23 heavy (non-hydrogen) atoms. The lowest BCUT2D eigenvalue weighted by Gasteiger charge is -2.14. The van der Waals surface area contributed by atoms with Crippen molar-refractivity contribution in [1.82, 2.24) is 0 Å². The van der Waals surface area contributed by atoms with Gasteiger partial charge in [0.2, 0.25) is 5.91 Å². The molecular formula is C18H17FN2O2. The number of para-hydroxylation sites is 1. The fourth-order valence-corrected chi connectivity index (χ4v) is 2.09. The van der Waals surface area contributed by atoms with Crippen LogP contribution in [0.5, 0.6) is 5.75 Å². The molecule has 0 radical (unpaired) electrons. The fraction of sp³-hybridized carbons (Fsp3) is 0.222. The number of ether oxygens (including phenoxy) is 1. The molecule has 118 valence electrons. The number of anilines is 1. The van der Waals surface area contributed by atoms with Gasteiger partial charge in [-0.15, -0.1) is 0 Å². The van der Waals surface area contributed by atoms with Gasteiger partial charge in [0.05, 0.1) is 18.1 Å². The fourth-order valence-electron chi connectivity index (χ4n) is 2.09. The van der Waals surface area contributed by atoms with Crippen molar-refractivity contribution in [2.24, 2.45) is 0 Å². The minimum atomic E-state index is -0.610. The molecule has 0 bridgehead atoms. The Bertz CT molecular complexity index is 751. The van der Waals surface area contributed by atoms with Crippen LogP contribution >= 0.6 is 0 Å². The zero-order chi connectivity index (χ0) is 16.8. The summed E-state index contributed by atoms with van der Waals surface area (Å²) in [5.74, 6) is -0.212. The molecule has 1 N–H and O–H groups in total. The highest BCUT2D eigenvalue weighted by Gasteiger charge is 2.11. The lowest BCUT2D eigenvalue weighted by molar-refractivity contribution is -0.115. The summed E-state index contributed by atoms with van der Waals surface area (Å²) in [5.41, 5.74) is 1.04. The number of hydrogen-bond acceptors (Lipinski definition) is 3. The number of carbonyl (C=O) groups excluding carboxylic acids is 1. The number of hydrogen-bond donors (Lipinski definition) is 1. The Balaban J connectivity index is 2.10. The Hall–Kier alpha value is -2.87. The van der Waals surface area contributed by atoms with Crippen LogP contribution in [-0.4, -0.2) is 12.0 Å². The van der Waals surface area contributed by atoms with Gasteiger partial charge in [0, 0.05) is 11.3 Å². The Morgan fingerprint density at radius 2 is 2.04 bits per heavy atom. The van der Waals surface area contributed by atoms with Gasteiger partial charge in [-0.05, 0) is 38.1 Å². The van der Waals surface area contributed by atoms with Gasteiger partial charge in [-0.3, -0.25) is 4.79 Å². The van der Waals surface area contributed by atoms with Crippen LogP contribution in [0.4, 0.5) is 10.1 Å². The maximum atomic E-state index is 13.3. The number of rotatable bonds is 5. The molecule has 0 aliphatic rings. The maximum Gasteiger partial charge on any atom is 0.228 e. The van der Waals surface area contributed by atoms with Crippen LogP contribution in [0.3, 0.4) is 0 Å². The van der Waals surface area contributed by atoms with Crippen LogP contribution in [0, 0.1) is 17.1 Å².